The minimum Gasteiger partial charge on any atom is -0.457 e. The zero-order valence-corrected chi connectivity index (χ0v) is 14.9. The second-order valence-corrected chi connectivity index (χ2v) is 6.19. The summed E-state index contributed by atoms with van der Waals surface area (Å²) in [7, 11) is 0. The van der Waals surface area contributed by atoms with Gasteiger partial charge in [0.05, 0.1) is 5.56 Å². The van der Waals surface area contributed by atoms with Crippen molar-refractivity contribution in [2.24, 2.45) is 5.73 Å². The number of esters is 1. The van der Waals surface area contributed by atoms with Crippen LogP contribution in [-0.2, 0) is 11.3 Å². The number of aldehydes is 1. The zero-order chi connectivity index (χ0) is 20.1. The highest BCUT2D eigenvalue weighted by molar-refractivity contribution is 6.02. The van der Waals surface area contributed by atoms with E-state index in [1.54, 1.807) is 18.2 Å². The quantitative estimate of drug-likeness (QED) is 0.391. The lowest BCUT2D eigenvalue weighted by molar-refractivity contribution is 0.0473. The molecule has 0 atom stereocenters. The normalized spacial score (nSPS) is 10.3. The Morgan fingerprint density at radius 2 is 1.71 bits per heavy atom. The fourth-order valence-corrected chi connectivity index (χ4v) is 2.82. The Balaban J connectivity index is 2.01. The van der Waals surface area contributed by atoms with Crippen LogP contribution in [0.2, 0.25) is 0 Å². The van der Waals surface area contributed by atoms with E-state index < -0.39 is 11.9 Å². The molecular formula is C22H18N2O4. The standard InChI is InChI=1S/C22H18N2O4/c23-18-9-15(12-25)8-17(10-18)19-7-6-16(21(24)26)11-20(19)22(27)28-13-14-4-2-1-3-5-14/h1-12H,13,23H2,(H2,24,26). The summed E-state index contributed by atoms with van der Waals surface area (Å²) in [5, 5.41) is 0. The summed E-state index contributed by atoms with van der Waals surface area (Å²) < 4.78 is 5.41. The molecule has 0 aromatic heterocycles. The fourth-order valence-electron chi connectivity index (χ4n) is 2.82. The van der Waals surface area contributed by atoms with Crippen molar-refractivity contribution in [2.75, 3.05) is 5.73 Å². The largest absolute Gasteiger partial charge is 0.457 e. The topological polar surface area (TPSA) is 112 Å². The van der Waals surface area contributed by atoms with Gasteiger partial charge in [0.15, 0.2) is 0 Å². The molecule has 0 unspecified atom stereocenters. The average molecular weight is 374 g/mol. The van der Waals surface area contributed by atoms with E-state index in [0.29, 0.717) is 28.7 Å². The fraction of sp³-hybridized carbons (Fsp3) is 0.0455. The first-order valence-corrected chi connectivity index (χ1v) is 8.49. The third kappa shape index (κ3) is 4.24. The third-order valence-electron chi connectivity index (χ3n) is 4.16. The van der Waals surface area contributed by atoms with Gasteiger partial charge < -0.3 is 16.2 Å². The van der Waals surface area contributed by atoms with Gasteiger partial charge in [-0.25, -0.2) is 4.79 Å². The Bertz CT molecular complexity index is 1050. The van der Waals surface area contributed by atoms with Crippen molar-refractivity contribution in [1.29, 1.82) is 0 Å². The molecule has 0 radical (unpaired) electrons. The number of ether oxygens (including phenoxy) is 1. The van der Waals surface area contributed by atoms with Gasteiger partial charge in [-0.2, -0.15) is 0 Å². The van der Waals surface area contributed by atoms with Crippen molar-refractivity contribution in [3.05, 3.63) is 89.0 Å². The molecule has 4 N–H and O–H groups in total. The number of hydrogen-bond acceptors (Lipinski definition) is 5. The number of anilines is 1. The van der Waals surface area contributed by atoms with Crippen LogP contribution in [-0.4, -0.2) is 18.2 Å². The number of benzene rings is 3. The van der Waals surface area contributed by atoms with Gasteiger partial charge in [-0.15, -0.1) is 0 Å². The maximum absolute atomic E-state index is 12.8. The smallest absolute Gasteiger partial charge is 0.339 e. The highest BCUT2D eigenvalue weighted by atomic mass is 16.5. The molecule has 0 heterocycles. The molecular weight excluding hydrogens is 356 g/mol. The van der Waals surface area contributed by atoms with E-state index >= 15 is 0 Å². The van der Waals surface area contributed by atoms with E-state index in [-0.39, 0.29) is 17.7 Å². The summed E-state index contributed by atoms with van der Waals surface area (Å²) in [6.07, 6.45) is 0.672. The lowest BCUT2D eigenvalue weighted by atomic mass is 9.95. The molecule has 0 bridgehead atoms. The van der Waals surface area contributed by atoms with Crippen molar-refractivity contribution in [3.8, 4) is 11.1 Å². The van der Waals surface area contributed by atoms with Crippen LogP contribution < -0.4 is 11.5 Å². The minimum absolute atomic E-state index is 0.0798. The van der Waals surface area contributed by atoms with Crippen LogP contribution in [0.15, 0.2) is 66.7 Å². The number of rotatable bonds is 6. The molecule has 3 rings (SSSR count). The Labute approximate surface area is 161 Å². The molecule has 140 valence electrons. The van der Waals surface area contributed by atoms with Gasteiger partial charge in [0, 0.05) is 16.8 Å². The Morgan fingerprint density at radius 3 is 2.39 bits per heavy atom. The first kappa shape index (κ1) is 18.8. The van der Waals surface area contributed by atoms with E-state index in [9.17, 15) is 14.4 Å². The molecule has 3 aromatic rings. The Kier molecular flexibility index (Phi) is 5.50. The Morgan fingerprint density at radius 1 is 0.964 bits per heavy atom. The second-order valence-electron chi connectivity index (χ2n) is 6.19. The lowest BCUT2D eigenvalue weighted by Crippen LogP contribution is -2.14. The number of nitrogens with two attached hydrogens (primary N) is 2. The van der Waals surface area contributed by atoms with Crippen LogP contribution in [0.4, 0.5) is 5.69 Å². The van der Waals surface area contributed by atoms with Gasteiger partial charge >= 0.3 is 5.97 Å². The molecule has 0 spiro atoms. The van der Waals surface area contributed by atoms with E-state index in [1.807, 2.05) is 30.3 Å². The molecule has 0 aliphatic carbocycles. The summed E-state index contributed by atoms with van der Waals surface area (Å²) >= 11 is 0. The summed E-state index contributed by atoms with van der Waals surface area (Å²) in [5.41, 5.74) is 14.2. The number of hydrogen-bond donors (Lipinski definition) is 2. The average Bonchev–Trinajstić information content (AvgIpc) is 2.71. The summed E-state index contributed by atoms with van der Waals surface area (Å²) in [6, 6.07) is 18.5. The van der Waals surface area contributed by atoms with E-state index in [4.69, 9.17) is 16.2 Å². The molecule has 0 aliphatic heterocycles. The molecule has 0 fully saturated rings. The van der Waals surface area contributed by atoms with Crippen LogP contribution >= 0.6 is 0 Å². The maximum atomic E-state index is 12.8. The van der Waals surface area contributed by atoms with E-state index in [1.165, 1.54) is 18.2 Å². The van der Waals surface area contributed by atoms with Gasteiger partial charge in [0.25, 0.3) is 0 Å². The van der Waals surface area contributed by atoms with Gasteiger partial charge in [0.2, 0.25) is 5.91 Å². The first-order chi connectivity index (χ1) is 13.5. The van der Waals surface area contributed by atoms with Crippen LogP contribution in [0.25, 0.3) is 11.1 Å². The number of amides is 1. The van der Waals surface area contributed by atoms with Crippen LogP contribution in [0.1, 0.15) is 36.6 Å². The number of nitrogen functional groups attached to an aromatic ring is 1. The van der Waals surface area contributed by atoms with Crippen molar-refractivity contribution < 1.29 is 19.1 Å². The molecule has 0 saturated heterocycles. The number of carbonyl (C=O) groups excluding carboxylic acids is 3. The van der Waals surface area contributed by atoms with Crippen molar-refractivity contribution >= 4 is 23.9 Å². The van der Waals surface area contributed by atoms with Crippen LogP contribution in [0.5, 0.6) is 0 Å². The monoisotopic (exact) mass is 374 g/mol. The van der Waals surface area contributed by atoms with Crippen LogP contribution in [0, 0.1) is 0 Å². The first-order valence-electron chi connectivity index (χ1n) is 8.49. The van der Waals surface area contributed by atoms with Gasteiger partial charge in [-0.05, 0) is 47.0 Å². The summed E-state index contributed by atoms with van der Waals surface area (Å²) in [6.45, 7) is 0.0798. The highest BCUT2D eigenvalue weighted by Gasteiger charge is 2.18. The lowest BCUT2D eigenvalue weighted by Gasteiger charge is -2.12. The van der Waals surface area contributed by atoms with E-state index in [2.05, 4.69) is 0 Å². The predicted octanol–water partition coefficient (Wildman–Crippen LogP) is 3.20. The number of primary amides is 1. The summed E-state index contributed by atoms with van der Waals surface area (Å²) in [5.74, 6) is -1.28. The SMILES string of the molecule is NC(=O)c1ccc(-c2cc(N)cc(C=O)c2)c(C(=O)OCc2ccccc2)c1. The molecule has 1 amide bonds. The number of carbonyl (C=O) groups is 3. The molecule has 0 aliphatic rings. The van der Waals surface area contributed by atoms with Crippen LogP contribution in [0.3, 0.4) is 0 Å². The van der Waals surface area contributed by atoms with Crippen molar-refractivity contribution in [1.82, 2.24) is 0 Å². The molecule has 28 heavy (non-hydrogen) atoms. The van der Waals surface area contributed by atoms with Gasteiger partial charge in [-0.3, -0.25) is 9.59 Å². The minimum atomic E-state index is -0.662. The maximum Gasteiger partial charge on any atom is 0.339 e. The van der Waals surface area contributed by atoms with E-state index in [0.717, 1.165) is 5.56 Å². The third-order valence-corrected chi connectivity index (χ3v) is 4.16. The van der Waals surface area contributed by atoms with Crippen molar-refractivity contribution in [2.45, 2.75) is 6.61 Å². The second kappa shape index (κ2) is 8.18. The highest BCUT2D eigenvalue weighted by Crippen LogP contribution is 2.28. The molecule has 6 heteroatoms. The zero-order valence-electron chi connectivity index (χ0n) is 14.9. The van der Waals surface area contributed by atoms with Gasteiger partial charge in [0.1, 0.15) is 12.9 Å². The molecule has 6 nitrogen and oxygen atoms in total. The molecule has 3 aromatic carbocycles. The van der Waals surface area contributed by atoms with Crippen molar-refractivity contribution in [3.63, 3.8) is 0 Å². The Hall–Kier alpha value is -3.93. The van der Waals surface area contributed by atoms with Gasteiger partial charge in [-0.1, -0.05) is 36.4 Å². The predicted molar refractivity (Wildman–Crippen MR) is 106 cm³/mol. The summed E-state index contributed by atoms with van der Waals surface area (Å²) in [4.78, 5) is 35.5. The molecule has 0 saturated carbocycles.